The van der Waals surface area contributed by atoms with Crippen molar-refractivity contribution in [3.05, 3.63) is 76.7 Å². The first-order valence-corrected chi connectivity index (χ1v) is 15.1. The monoisotopic (exact) mass is 560 g/mol. The van der Waals surface area contributed by atoms with Crippen molar-refractivity contribution in [2.45, 2.75) is 77.9 Å². The molecule has 1 N–H and O–H groups in total. The van der Waals surface area contributed by atoms with Gasteiger partial charge in [-0.05, 0) is 86.0 Å². The number of carboxylic acid groups (broad SMARTS) is 1. The van der Waals surface area contributed by atoms with Gasteiger partial charge < -0.3 is 14.6 Å². The number of benzene rings is 2. The van der Waals surface area contributed by atoms with Crippen LogP contribution in [0.5, 0.6) is 11.6 Å². The third-order valence-corrected chi connectivity index (χ3v) is 7.90. The minimum atomic E-state index is -0.800. The van der Waals surface area contributed by atoms with Gasteiger partial charge >= 0.3 is 5.97 Å². The number of carbonyl (C=O) groups is 1. The smallest absolute Gasteiger partial charge is 0.306 e. The molecule has 0 amide bonds. The van der Waals surface area contributed by atoms with Crippen molar-refractivity contribution < 1.29 is 23.8 Å². The highest BCUT2D eigenvalue weighted by Crippen LogP contribution is 2.38. The van der Waals surface area contributed by atoms with E-state index in [2.05, 4.69) is 22.0 Å². The molecular formula is C34H41FN2O4. The summed E-state index contributed by atoms with van der Waals surface area (Å²) >= 11 is 0. The average molecular weight is 561 g/mol. The van der Waals surface area contributed by atoms with Gasteiger partial charge in [-0.3, -0.25) is 9.69 Å². The predicted octanol–water partition coefficient (Wildman–Crippen LogP) is 7.38. The van der Waals surface area contributed by atoms with Gasteiger partial charge in [-0.1, -0.05) is 56.5 Å². The number of likely N-dealkylation sites (tertiary alicyclic amines) is 1. The number of halogens is 1. The predicted molar refractivity (Wildman–Crippen MR) is 158 cm³/mol. The Labute approximate surface area is 242 Å². The number of nitrogens with zero attached hydrogens (tertiary/aromatic N) is 2. The Hall–Kier alpha value is -3.45. The van der Waals surface area contributed by atoms with Gasteiger partial charge in [-0.15, -0.1) is 0 Å². The lowest BCUT2D eigenvalue weighted by atomic mass is 9.91. The standard InChI is InChI=1S/C31H35FN2O4.C3H6/c1-3-37-30-17-26(27(32)18-33-30)25-10-8-23(16-24(25)19-34-12-4-5-13-34)28-11-9-22-7-6-21(15-29(22)38-28)14-20(2)31(35)36;1-2-3-1/h6-8,10,15-18,20,28H,3-5,9,11-14,19H2,1-2H3,(H,35,36);1-3H2. The summed E-state index contributed by atoms with van der Waals surface area (Å²) < 4.78 is 27.0. The summed E-state index contributed by atoms with van der Waals surface area (Å²) in [6, 6.07) is 13.9. The van der Waals surface area contributed by atoms with Crippen molar-refractivity contribution in [3.8, 4) is 22.8 Å². The van der Waals surface area contributed by atoms with Crippen LogP contribution >= 0.6 is 0 Å². The second kappa shape index (κ2) is 13.5. The van der Waals surface area contributed by atoms with Crippen molar-refractivity contribution >= 4 is 5.97 Å². The minimum Gasteiger partial charge on any atom is -0.485 e. The van der Waals surface area contributed by atoms with Crippen molar-refractivity contribution in [1.82, 2.24) is 9.88 Å². The molecule has 2 fully saturated rings. The van der Waals surface area contributed by atoms with Gasteiger partial charge in [0, 0.05) is 18.2 Å². The topological polar surface area (TPSA) is 71.9 Å². The first-order valence-electron chi connectivity index (χ1n) is 15.1. The van der Waals surface area contributed by atoms with E-state index in [9.17, 15) is 14.3 Å². The van der Waals surface area contributed by atoms with Crippen LogP contribution in [0.2, 0.25) is 0 Å². The zero-order valence-electron chi connectivity index (χ0n) is 24.2. The number of hydrogen-bond acceptors (Lipinski definition) is 5. The number of fused-ring (bicyclic) bond motifs is 1. The lowest BCUT2D eigenvalue weighted by Gasteiger charge is -2.28. The number of aliphatic carboxylic acids is 1. The summed E-state index contributed by atoms with van der Waals surface area (Å²) in [5, 5.41) is 9.30. The number of aromatic nitrogens is 1. The average Bonchev–Trinajstić information content (AvgIpc) is 3.78. The second-order valence-electron chi connectivity index (χ2n) is 11.4. The third-order valence-electron chi connectivity index (χ3n) is 7.90. The van der Waals surface area contributed by atoms with Gasteiger partial charge in [-0.2, -0.15) is 0 Å². The molecular weight excluding hydrogens is 519 g/mol. The van der Waals surface area contributed by atoms with Crippen LogP contribution in [0, 0.1) is 11.7 Å². The van der Waals surface area contributed by atoms with E-state index in [-0.39, 0.29) is 11.9 Å². The Morgan fingerprint density at radius 2 is 1.88 bits per heavy atom. The highest BCUT2D eigenvalue weighted by atomic mass is 19.1. The Kier molecular flexibility index (Phi) is 9.55. The van der Waals surface area contributed by atoms with E-state index < -0.39 is 11.9 Å². The second-order valence-corrected chi connectivity index (χ2v) is 11.4. The fourth-order valence-corrected chi connectivity index (χ4v) is 5.46. The maximum atomic E-state index is 15.0. The molecule has 2 aromatic carbocycles. The summed E-state index contributed by atoms with van der Waals surface area (Å²) in [5.41, 5.74) is 5.58. The van der Waals surface area contributed by atoms with Crippen LogP contribution in [-0.2, 0) is 24.2 Å². The maximum absolute atomic E-state index is 15.0. The molecule has 0 radical (unpaired) electrons. The molecule has 1 saturated carbocycles. The van der Waals surface area contributed by atoms with E-state index in [1.807, 2.05) is 31.2 Å². The molecule has 3 aliphatic rings. The highest BCUT2D eigenvalue weighted by Gasteiger charge is 2.25. The van der Waals surface area contributed by atoms with Gasteiger partial charge in [0.25, 0.3) is 0 Å². The number of pyridine rings is 1. The van der Waals surface area contributed by atoms with Crippen LogP contribution in [0.4, 0.5) is 4.39 Å². The zero-order valence-corrected chi connectivity index (χ0v) is 24.2. The Balaban J connectivity index is 0.00000106. The van der Waals surface area contributed by atoms with Crippen molar-refractivity contribution in [2.24, 2.45) is 5.92 Å². The van der Waals surface area contributed by atoms with Crippen molar-refractivity contribution in [3.63, 3.8) is 0 Å². The highest BCUT2D eigenvalue weighted by molar-refractivity contribution is 5.70. The summed E-state index contributed by atoms with van der Waals surface area (Å²) in [5.74, 6) is -0.380. The summed E-state index contributed by atoms with van der Waals surface area (Å²) in [6.07, 6.45) is 10.2. The Morgan fingerprint density at radius 1 is 1.10 bits per heavy atom. The van der Waals surface area contributed by atoms with Crippen LogP contribution in [-0.4, -0.2) is 40.7 Å². The number of aryl methyl sites for hydroxylation is 1. The maximum Gasteiger partial charge on any atom is 0.306 e. The summed E-state index contributed by atoms with van der Waals surface area (Å²) in [7, 11) is 0. The normalized spacial score (nSPS) is 18.5. The van der Waals surface area contributed by atoms with Crippen LogP contribution < -0.4 is 9.47 Å². The van der Waals surface area contributed by atoms with Gasteiger partial charge in [0.2, 0.25) is 5.88 Å². The van der Waals surface area contributed by atoms with E-state index in [0.717, 1.165) is 66.0 Å². The van der Waals surface area contributed by atoms with E-state index in [4.69, 9.17) is 9.47 Å². The SMILES string of the molecule is C1CC1.CCOc1cc(-c2ccc(C3CCc4ccc(CC(C)C(=O)O)cc4O3)cc2CN2CCCC2)c(F)cn1. The van der Waals surface area contributed by atoms with E-state index >= 15 is 0 Å². The molecule has 7 heteroatoms. The minimum absolute atomic E-state index is 0.123. The first kappa shape index (κ1) is 29.1. The molecule has 2 atom stereocenters. The van der Waals surface area contributed by atoms with E-state index in [0.29, 0.717) is 24.5 Å². The van der Waals surface area contributed by atoms with E-state index in [1.54, 1.807) is 13.0 Å². The molecule has 0 spiro atoms. The molecule has 2 unspecified atom stereocenters. The molecule has 41 heavy (non-hydrogen) atoms. The van der Waals surface area contributed by atoms with Crippen LogP contribution in [0.3, 0.4) is 0 Å². The van der Waals surface area contributed by atoms with Gasteiger partial charge in [0.05, 0.1) is 18.7 Å². The van der Waals surface area contributed by atoms with Crippen LogP contribution in [0.1, 0.15) is 80.7 Å². The fraction of sp³-hybridized carbons (Fsp3) is 0.471. The molecule has 1 saturated heterocycles. The lowest BCUT2D eigenvalue weighted by Crippen LogP contribution is -2.20. The fourth-order valence-electron chi connectivity index (χ4n) is 5.46. The van der Waals surface area contributed by atoms with Gasteiger partial charge in [-0.25, -0.2) is 9.37 Å². The van der Waals surface area contributed by atoms with Crippen molar-refractivity contribution in [2.75, 3.05) is 19.7 Å². The molecule has 0 bridgehead atoms. The first-order chi connectivity index (χ1) is 19.9. The van der Waals surface area contributed by atoms with E-state index in [1.165, 1.54) is 38.3 Å². The largest absolute Gasteiger partial charge is 0.485 e. The molecule has 6 nitrogen and oxygen atoms in total. The molecule has 3 heterocycles. The molecule has 1 aromatic heterocycles. The number of rotatable bonds is 9. The van der Waals surface area contributed by atoms with Crippen molar-refractivity contribution in [1.29, 1.82) is 0 Å². The molecule has 6 rings (SSSR count). The molecule has 2 aliphatic heterocycles. The third kappa shape index (κ3) is 7.64. The summed E-state index contributed by atoms with van der Waals surface area (Å²) in [4.78, 5) is 17.8. The number of ether oxygens (including phenoxy) is 2. The number of hydrogen-bond donors (Lipinski definition) is 1. The molecule has 3 aromatic rings. The quantitative estimate of drug-likeness (QED) is 0.294. The molecule has 218 valence electrons. The van der Waals surface area contributed by atoms with Gasteiger partial charge in [0.1, 0.15) is 17.7 Å². The Morgan fingerprint density at radius 3 is 2.59 bits per heavy atom. The van der Waals surface area contributed by atoms with Crippen LogP contribution in [0.15, 0.2) is 48.7 Å². The van der Waals surface area contributed by atoms with Gasteiger partial charge in [0.15, 0.2) is 0 Å². The lowest BCUT2D eigenvalue weighted by molar-refractivity contribution is -0.141. The summed E-state index contributed by atoms with van der Waals surface area (Å²) in [6.45, 7) is 6.90. The Bertz CT molecular complexity index is 1350. The van der Waals surface area contributed by atoms with Crippen LogP contribution in [0.25, 0.3) is 11.1 Å². The molecule has 1 aliphatic carbocycles. The zero-order chi connectivity index (χ0) is 28.8. The number of carboxylic acids is 1.